The van der Waals surface area contributed by atoms with Crippen LogP contribution in [0.25, 0.3) is 0 Å². The van der Waals surface area contributed by atoms with Gasteiger partial charge in [-0.25, -0.2) is 4.39 Å². The molecule has 3 aromatic carbocycles. The molecule has 124 valence electrons. The topological polar surface area (TPSA) is 55.1 Å². The Morgan fingerprint density at radius 2 is 1.72 bits per heavy atom. The SMILES string of the molecule is Nc1cc(F)ccc1Nc1ccc2c(c1)Cc1ccccc1C(=O)C2. The van der Waals surface area contributed by atoms with Gasteiger partial charge >= 0.3 is 0 Å². The van der Waals surface area contributed by atoms with Crippen molar-refractivity contribution < 1.29 is 9.18 Å². The second-order valence-corrected chi connectivity index (χ2v) is 6.27. The Morgan fingerprint density at radius 1 is 0.880 bits per heavy atom. The van der Waals surface area contributed by atoms with Crippen LogP contribution in [0.5, 0.6) is 0 Å². The number of hydrogen-bond donors (Lipinski definition) is 2. The molecule has 3 nitrogen and oxygen atoms in total. The number of halogens is 1. The Labute approximate surface area is 145 Å². The fourth-order valence-electron chi connectivity index (χ4n) is 3.26. The summed E-state index contributed by atoms with van der Waals surface area (Å²) < 4.78 is 13.2. The molecule has 0 bridgehead atoms. The van der Waals surface area contributed by atoms with Crippen LogP contribution in [-0.4, -0.2) is 5.78 Å². The Bertz CT molecular complexity index is 981. The molecule has 0 fully saturated rings. The number of carbonyl (C=O) groups excluding carboxylic acids is 1. The van der Waals surface area contributed by atoms with Gasteiger partial charge in [-0.2, -0.15) is 0 Å². The first-order chi connectivity index (χ1) is 12.1. The quantitative estimate of drug-likeness (QED) is 0.680. The van der Waals surface area contributed by atoms with Gasteiger partial charge in [-0.05, 0) is 53.4 Å². The fraction of sp³-hybridized carbons (Fsp3) is 0.0952. The zero-order chi connectivity index (χ0) is 17.4. The molecule has 0 amide bonds. The third-order valence-electron chi connectivity index (χ3n) is 4.55. The molecule has 0 saturated carbocycles. The molecule has 0 spiro atoms. The number of anilines is 3. The Balaban J connectivity index is 1.69. The van der Waals surface area contributed by atoms with E-state index >= 15 is 0 Å². The van der Waals surface area contributed by atoms with Crippen molar-refractivity contribution in [3.8, 4) is 0 Å². The molecule has 0 heterocycles. The second-order valence-electron chi connectivity index (χ2n) is 6.27. The third kappa shape index (κ3) is 2.98. The number of benzene rings is 3. The Kier molecular flexibility index (Phi) is 3.73. The Morgan fingerprint density at radius 3 is 2.56 bits per heavy atom. The van der Waals surface area contributed by atoms with Crippen LogP contribution in [0, 0.1) is 5.82 Å². The molecule has 4 rings (SSSR count). The highest BCUT2D eigenvalue weighted by molar-refractivity contribution is 6.00. The maximum Gasteiger partial charge on any atom is 0.167 e. The lowest BCUT2D eigenvalue weighted by molar-refractivity contribution is 0.0993. The molecule has 25 heavy (non-hydrogen) atoms. The van der Waals surface area contributed by atoms with E-state index in [0.29, 0.717) is 24.2 Å². The summed E-state index contributed by atoms with van der Waals surface area (Å²) >= 11 is 0. The molecule has 1 aliphatic carbocycles. The lowest BCUT2D eigenvalue weighted by Gasteiger charge is -2.12. The average molecular weight is 332 g/mol. The number of rotatable bonds is 2. The lowest BCUT2D eigenvalue weighted by Crippen LogP contribution is -2.03. The van der Waals surface area contributed by atoms with Crippen LogP contribution in [0.3, 0.4) is 0 Å². The van der Waals surface area contributed by atoms with Gasteiger partial charge in [-0.15, -0.1) is 0 Å². The minimum Gasteiger partial charge on any atom is -0.397 e. The van der Waals surface area contributed by atoms with Gasteiger partial charge in [0.2, 0.25) is 0 Å². The van der Waals surface area contributed by atoms with E-state index in [1.807, 2.05) is 42.5 Å². The standard InChI is InChI=1S/C21H17FN2O/c22-16-6-8-20(19(23)12-16)24-17-7-5-13-11-21(25)18-4-2-1-3-14(18)9-15(13)10-17/h1-8,10,12,24H,9,11,23H2. The third-order valence-corrected chi connectivity index (χ3v) is 4.55. The van der Waals surface area contributed by atoms with Crippen LogP contribution in [0.4, 0.5) is 21.5 Å². The van der Waals surface area contributed by atoms with Crippen molar-refractivity contribution in [2.45, 2.75) is 12.8 Å². The zero-order valence-corrected chi connectivity index (χ0v) is 13.6. The van der Waals surface area contributed by atoms with Gasteiger partial charge < -0.3 is 11.1 Å². The lowest BCUT2D eigenvalue weighted by atomic mass is 10.00. The normalized spacial score (nSPS) is 12.9. The van der Waals surface area contributed by atoms with E-state index < -0.39 is 0 Å². The van der Waals surface area contributed by atoms with E-state index in [1.54, 1.807) is 6.07 Å². The van der Waals surface area contributed by atoms with Gasteiger partial charge in [0.15, 0.2) is 5.78 Å². The maximum absolute atomic E-state index is 13.2. The van der Waals surface area contributed by atoms with Crippen LogP contribution < -0.4 is 11.1 Å². The summed E-state index contributed by atoms with van der Waals surface area (Å²) in [5, 5.41) is 3.23. The summed E-state index contributed by atoms with van der Waals surface area (Å²) in [7, 11) is 0. The summed E-state index contributed by atoms with van der Waals surface area (Å²) in [6.07, 6.45) is 1.12. The van der Waals surface area contributed by atoms with Crippen LogP contribution >= 0.6 is 0 Å². The largest absolute Gasteiger partial charge is 0.397 e. The van der Waals surface area contributed by atoms with Gasteiger partial charge in [0.05, 0.1) is 11.4 Å². The van der Waals surface area contributed by atoms with E-state index in [-0.39, 0.29) is 11.6 Å². The number of ketones is 1. The number of nitrogens with one attached hydrogen (secondary N) is 1. The number of hydrogen-bond acceptors (Lipinski definition) is 3. The van der Waals surface area contributed by atoms with E-state index in [0.717, 1.165) is 27.9 Å². The van der Waals surface area contributed by atoms with Crippen molar-refractivity contribution in [1.29, 1.82) is 0 Å². The average Bonchev–Trinajstić information content (AvgIpc) is 2.73. The molecule has 3 N–H and O–H groups in total. The van der Waals surface area contributed by atoms with Crippen LogP contribution in [0.15, 0.2) is 60.7 Å². The van der Waals surface area contributed by atoms with E-state index in [1.165, 1.54) is 12.1 Å². The van der Waals surface area contributed by atoms with Crippen molar-refractivity contribution in [3.63, 3.8) is 0 Å². The minimum atomic E-state index is -0.361. The number of carbonyl (C=O) groups is 1. The Hall–Kier alpha value is -3.14. The molecule has 3 aromatic rings. The highest BCUT2D eigenvalue weighted by atomic mass is 19.1. The summed E-state index contributed by atoms with van der Waals surface area (Å²) in [5.74, 6) is -0.210. The molecule has 0 aliphatic heterocycles. The van der Waals surface area contributed by atoms with Crippen molar-refractivity contribution in [3.05, 3.63) is 88.7 Å². The molecule has 0 radical (unpaired) electrons. The van der Waals surface area contributed by atoms with E-state index in [9.17, 15) is 9.18 Å². The fourth-order valence-corrected chi connectivity index (χ4v) is 3.26. The van der Waals surface area contributed by atoms with Crippen molar-refractivity contribution in [2.24, 2.45) is 0 Å². The summed E-state index contributed by atoms with van der Waals surface area (Å²) in [6.45, 7) is 0. The smallest absolute Gasteiger partial charge is 0.167 e. The van der Waals surface area contributed by atoms with Crippen LogP contribution in [0.1, 0.15) is 27.0 Å². The zero-order valence-electron chi connectivity index (χ0n) is 13.6. The number of nitrogens with two attached hydrogens (primary N) is 1. The summed E-state index contributed by atoms with van der Waals surface area (Å²) in [6, 6.07) is 18.0. The van der Waals surface area contributed by atoms with Crippen LogP contribution in [-0.2, 0) is 12.8 Å². The monoisotopic (exact) mass is 332 g/mol. The molecular weight excluding hydrogens is 315 g/mol. The van der Waals surface area contributed by atoms with E-state index in [4.69, 9.17) is 5.73 Å². The maximum atomic E-state index is 13.2. The van der Waals surface area contributed by atoms with Gasteiger partial charge in [0.25, 0.3) is 0 Å². The first kappa shape index (κ1) is 15.4. The van der Waals surface area contributed by atoms with Gasteiger partial charge in [-0.1, -0.05) is 30.3 Å². The molecule has 0 aromatic heterocycles. The first-order valence-electron chi connectivity index (χ1n) is 8.15. The van der Waals surface area contributed by atoms with E-state index in [2.05, 4.69) is 5.32 Å². The highest BCUT2D eigenvalue weighted by Crippen LogP contribution is 2.29. The van der Waals surface area contributed by atoms with Gasteiger partial charge in [0, 0.05) is 17.7 Å². The van der Waals surface area contributed by atoms with Crippen molar-refractivity contribution in [2.75, 3.05) is 11.1 Å². The molecule has 0 saturated heterocycles. The minimum absolute atomic E-state index is 0.151. The van der Waals surface area contributed by atoms with Gasteiger partial charge in [-0.3, -0.25) is 4.79 Å². The second kappa shape index (κ2) is 6.06. The summed E-state index contributed by atoms with van der Waals surface area (Å²) in [5.41, 5.74) is 11.7. The predicted octanol–water partition coefficient (Wildman–Crippen LogP) is 4.48. The van der Waals surface area contributed by atoms with Gasteiger partial charge in [0.1, 0.15) is 5.82 Å². The van der Waals surface area contributed by atoms with Crippen molar-refractivity contribution >= 4 is 22.8 Å². The number of fused-ring (bicyclic) bond motifs is 2. The summed E-state index contributed by atoms with van der Waals surface area (Å²) in [4.78, 5) is 12.5. The molecule has 0 unspecified atom stereocenters. The molecule has 4 heteroatoms. The molecule has 1 aliphatic rings. The first-order valence-corrected chi connectivity index (χ1v) is 8.15. The van der Waals surface area contributed by atoms with Crippen LogP contribution in [0.2, 0.25) is 0 Å². The van der Waals surface area contributed by atoms with Crippen molar-refractivity contribution in [1.82, 2.24) is 0 Å². The molecule has 0 atom stereocenters. The number of nitrogen functional groups attached to an aromatic ring is 1. The predicted molar refractivity (Wildman–Crippen MR) is 97.8 cm³/mol. The molecular formula is C21H17FN2O. The number of Topliss-reactive ketones (excluding diaryl/α,β-unsaturated/α-hetero) is 1. The highest BCUT2D eigenvalue weighted by Gasteiger charge is 2.19.